The molecule has 28 heavy (non-hydrogen) atoms. The van der Waals surface area contributed by atoms with Gasteiger partial charge in [-0.3, -0.25) is 0 Å². The van der Waals surface area contributed by atoms with Crippen LogP contribution in [0.3, 0.4) is 0 Å². The maximum Gasteiger partial charge on any atom is 0.336 e. The SMILES string of the molecule is C=C[C@@]12COC(=O)C(=C)[C@H]1[C@@H](O)[C@H](C(=C)C(=O)OC)[C@@H](OC(=O)C(=C)CO)C2. The number of ether oxygens (including phenoxy) is 3. The lowest BCUT2D eigenvalue weighted by Gasteiger charge is -2.52. The number of carbonyl (C=O) groups excluding carboxylic acids is 3. The first-order valence-electron chi connectivity index (χ1n) is 8.57. The van der Waals surface area contributed by atoms with Gasteiger partial charge in [0.25, 0.3) is 0 Å². The molecule has 5 atom stereocenters. The lowest BCUT2D eigenvalue weighted by molar-refractivity contribution is -0.177. The monoisotopic (exact) mass is 392 g/mol. The molecule has 2 rings (SSSR count). The Morgan fingerprint density at radius 2 is 2.00 bits per heavy atom. The minimum atomic E-state index is -1.35. The van der Waals surface area contributed by atoms with Crippen molar-refractivity contribution in [2.75, 3.05) is 20.3 Å². The summed E-state index contributed by atoms with van der Waals surface area (Å²) in [5.74, 6) is -4.21. The number of hydrogen-bond acceptors (Lipinski definition) is 8. The van der Waals surface area contributed by atoms with Crippen molar-refractivity contribution in [1.29, 1.82) is 0 Å². The first kappa shape index (κ1) is 21.6. The van der Waals surface area contributed by atoms with E-state index in [0.29, 0.717) is 0 Å². The largest absolute Gasteiger partial charge is 0.466 e. The van der Waals surface area contributed by atoms with Gasteiger partial charge in [0.2, 0.25) is 0 Å². The summed E-state index contributed by atoms with van der Waals surface area (Å²) in [6, 6.07) is 0. The molecule has 1 saturated heterocycles. The van der Waals surface area contributed by atoms with Gasteiger partial charge in [0.05, 0.1) is 31.3 Å². The van der Waals surface area contributed by atoms with E-state index in [-0.39, 0.29) is 29.7 Å². The van der Waals surface area contributed by atoms with E-state index in [9.17, 15) is 19.5 Å². The highest BCUT2D eigenvalue weighted by Crippen LogP contribution is 2.52. The summed E-state index contributed by atoms with van der Waals surface area (Å²) in [4.78, 5) is 36.3. The third kappa shape index (κ3) is 3.53. The second-order valence-electron chi connectivity index (χ2n) is 6.96. The highest BCUT2D eigenvalue weighted by Gasteiger charge is 2.58. The van der Waals surface area contributed by atoms with Crippen molar-refractivity contribution in [3.63, 3.8) is 0 Å². The molecule has 8 nitrogen and oxygen atoms in total. The minimum absolute atomic E-state index is 0.0332. The molecule has 2 fully saturated rings. The summed E-state index contributed by atoms with van der Waals surface area (Å²) in [6.45, 7) is 13.9. The number of hydrogen-bond donors (Lipinski definition) is 2. The van der Waals surface area contributed by atoms with Crippen LogP contribution in [0, 0.1) is 17.3 Å². The van der Waals surface area contributed by atoms with Crippen LogP contribution in [-0.4, -0.2) is 60.7 Å². The summed E-state index contributed by atoms with van der Waals surface area (Å²) in [5, 5.41) is 20.2. The van der Waals surface area contributed by atoms with E-state index in [1.165, 1.54) is 6.08 Å². The number of aliphatic hydroxyl groups is 2. The maximum absolute atomic E-state index is 12.2. The van der Waals surface area contributed by atoms with Gasteiger partial charge in [0.1, 0.15) is 12.7 Å². The molecule has 0 amide bonds. The smallest absolute Gasteiger partial charge is 0.336 e. The number of aliphatic hydroxyl groups excluding tert-OH is 2. The van der Waals surface area contributed by atoms with Crippen LogP contribution in [0.4, 0.5) is 0 Å². The van der Waals surface area contributed by atoms with Crippen molar-refractivity contribution in [2.24, 2.45) is 17.3 Å². The standard InChI is InChI=1S/C20H24O8/c1-6-20-7-13(28-17(23)10(2)8-21)14(11(3)18(24)26-5)16(22)15(20)12(4)19(25)27-9-20/h6,13-16,21-22H,1-4,7-9H2,5H3/t13-,14+,15-,16-,20+/m0/s1. The molecule has 0 aromatic heterocycles. The Morgan fingerprint density at radius 1 is 1.36 bits per heavy atom. The Hall–Kier alpha value is -2.71. The van der Waals surface area contributed by atoms with Crippen LogP contribution in [0.15, 0.2) is 49.1 Å². The molecule has 0 unspecified atom stereocenters. The van der Waals surface area contributed by atoms with Crippen LogP contribution in [0.2, 0.25) is 0 Å². The highest BCUT2D eigenvalue weighted by molar-refractivity contribution is 5.91. The molecule has 1 aliphatic carbocycles. The van der Waals surface area contributed by atoms with Crippen LogP contribution < -0.4 is 0 Å². The van der Waals surface area contributed by atoms with E-state index < -0.39 is 54.0 Å². The molecule has 8 heteroatoms. The molecule has 0 spiro atoms. The maximum atomic E-state index is 12.2. The lowest BCUT2D eigenvalue weighted by Crippen LogP contribution is -2.59. The molecular formula is C20H24O8. The molecule has 1 saturated carbocycles. The molecular weight excluding hydrogens is 368 g/mol. The van der Waals surface area contributed by atoms with Gasteiger partial charge in [-0.15, -0.1) is 6.58 Å². The first-order valence-corrected chi connectivity index (χ1v) is 8.57. The van der Waals surface area contributed by atoms with E-state index in [0.717, 1.165) is 7.11 Å². The van der Waals surface area contributed by atoms with Crippen molar-refractivity contribution in [3.8, 4) is 0 Å². The van der Waals surface area contributed by atoms with Crippen LogP contribution in [0.1, 0.15) is 6.42 Å². The Labute approximate surface area is 162 Å². The predicted molar refractivity (Wildman–Crippen MR) is 97.6 cm³/mol. The van der Waals surface area contributed by atoms with Gasteiger partial charge in [0, 0.05) is 22.5 Å². The second-order valence-corrected chi connectivity index (χ2v) is 6.96. The van der Waals surface area contributed by atoms with E-state index in [2.05, 4.69) is 31.1 Å². The molecule has 0 bridgehead atoms. The Morgan fingerprint density at radius 3 is 2.54 bits per heavy atom. The quantitative estimate of drug-likeness (QED) is 0.290. The number of carbonyl (C=O) groups is 3. The molecule has 1 aliphatic heterocycles. The fourth-order valence-corrected chi connectivity index (χ4v) is 3.88. The average Bonchev–Trinajstić information content (AvgIpc) is 2.68. The predicted octanol–water partition coefficient (Wildman–Crippen LogP) is 0.458. The molecule has 0 aromatic rings. The molecule has 152 valence electrons. The average molecular weight is 392 g/mol. The molecule has 0 radical (unpaired) electrons. The fraction of sp³-hybridized carbons (Fsp3) is 0.450. The molecule has 0 aromatic carbocycles. The zero-order valence-electron chi connectivity index (χ0n) is 15.7. The van der Waals surface area contributed by atoms with Gasteiger partial charge in [0.15, 0.2) is 0 Å². The first-order chi connectivity index (χ1) is 13.1. The van der Waals surface area contributed by atoms with Crippen LogP contribution in [0.5, 0.6) is 0 Å². The van der Waals surface area contributed by atoms with Gasteiger partial charge >= 0.3 is 17.9 Å². The van der Waals surface area contributed by atoms with Gasteiger partial charge in [-0.25, -0.2) is 14.4 Å². The van der Waals surface area contributed by atoms with Crippen molar-refractivity contribution in [2.45, 2.75) is 18.6 Å². The van der Waals surface area contributed by atoms with E-state index >= 15 is 0 Å². The van der Waals surface area contributed by atoms with Crippen molar-refractivity contribution in [3.05, 3.63) is 49.1 Å². The summed E-state index contributed by atoms with van der Waals surface area (Å²) in [6.07, 6.45) is -0.775. The van der Waals surface area contributed by atoms with Crippen molar-refractivity contribution < 1.29 is 38.8 Å². The number of cyclic esters (lactones) is 1. The van der Waals surface area contributed by atoms with Crippen molar-refractivity contribution in [1.82, 2.24) is 0 Å². The topological polar surface area (TPSA) is 119 Å². The number of methoxy groups -OCH3 is 1. The van der Waals surface area contributed by atoms with Gasteiger partial charge in [-0.05, 0) is 6.42 Å². The number of fused-ring (bicyclic) bond motifs is 1. The fourth-order valence-electron chi connectivity index (χ4n) is 3.88. The highest BCUT2D eigenvalue weighted by atomic mass is 16.6. The zero-order chi connectivity index (χ0) is 21.2. The summed E-state index contributed by atoms with van der Waals surface area (Å²) >= 11 is 0. The second kappa shape index (κ2) is 8.12. The Bertz CT molecular complexity index is 751. The number of esters is 3. The van der Waals surface area contributed by atoms with Crippen LogP contribution in [-0.2, 0) is 28.6 Å². The third-order valence-corrected chi connectivity index (χ3v) is 5.41. The Balaban J connectivity index is 2.50. The minimum Gasteiger partial charge on any atom is -0.466 e. The molecule has 2 N–H and O–H groups in total. The van der Waals surface area contributed by atoms with E-state index in [1.807, 2.05) is 0 Å². The summed E-state index contributed by atoms with van der Waals surface area (Å²) < 4.78 is 15.3. The lowest BCUT2D eigenvalue weighted by atomic mass is 9.57. The van der Waals surface area contributed by atoms with Gasteiger partial charge in [-0.2, -0.15) is 0 Å². The van der Waals surface area contributed by atoms with Crippen LogP contribution in [0.25, 0.3) is 0 Å². The summed E-state index contributed by atoms with van der Waals surface area (Å²) in [7, 11) is 1.16. The molecule has 1 heterocycles. The zero-order valence-corrected chi connectivity index (χ0v) is 15.7. The van der Waals surface area contributed by atoms with Gasteiger partial charge in [-0.1, -0.05) is 25.8 Å². The normalized spacial score (nSPS) is 31.8. The van der Waals surface area contributed by atoms with Crippen molar-refractivity contribution >= 4 is 17.9 Å². The Kier molecular flexibility index (Phi) is 6.26. The van der Waals surface area contributed by atoms with E-state index in [1.54, 1.807) is 0 Å². The van der Waals surface area contributed by atoms with E-state index in [4.69, 9.17) is 14.6 Å². The third-order valence-electron chi connectivity index (χ3n) is 5.41. The van der Waals surface area contributed by atoms with Crippen LogP contribution >= 0.6 is 0 Å². The summed E-state index contributed by atoms with van der Waals surface area (Å²) in [5.41, 5.74) is -1.23. The van der Waals surface area contributed by atoms with Gasteiger partial charge < -0.3 is 24.4 Å². The number of rotatable bonds is 6. The molecule has 2 aliphatic rings.